The van der Waals surface area contributed by atoms with E-state index in [4.69, 9.17) is 9.72 Å². The molecule has 1 aromatic heterocycles. The lowest BCUT2D eigenvalue weighted by Crippen LogP contribution is -2.48. The molecule has 2 rings (SSSR count). The van der Waals surface area contributed by atoms with Gasteiger partial charge in [-0.25, -0.2) is 9.97 Å². The fraction of sp³-hybridized carbons (Fsp3) is 0.733. The summed E-state index contributed by atoms with van der Waals surface area (Å²) < 4.78 is 5.71. The van der Waals surface area contributed by atoms with Crippen molar-refractivity contribution in [1.82, 2.24) is 9.97 Å². The van der Waals surface area contributed by atoms with Crippen LogP contribution in [0.1, 0.15) is 32.2 Å². The second-order valence-corrected chi connectivity index (χ2v) is 5.48. The number of ether oxygens (including phenoxy) is 1. The molecule has 1 aromatic rings. The van der Waals surface area contributed by atoms with E-state index in [0.29, 0.717) is 6.54 Å². The third kappa shape index (κ3) is 3.63. The SMILES string of the molecule is CCNc1nc(CC)nc(N2CC(C)OC(CO)C2)c1C. The Morgan fingerprint density at radius 2 is 2.10 bits per heavy atom. The van der Waals surface area contributed by atoms with Crippen LogP contribution in [-0.4, -0.2) is 53.5 Å². The Morgan fingerprint density at radius 3 is 2.71 bits per heavy atom. The molecule has 0 aromatic carbocycles. The number of nitrogens with zero attached hydrogens (tertiary/aromatic N) is 3. The number of aliphatic hydroxyl groups is 1. The molecule has 0 saturated carbocycles. The number of aromatic nitrogens is 2. The average Bonchev–Trinajstić information content (AvgIpc) is 2.48. The maximum Gasteiger partial charge on any atom is 0.137 e. The van der Waals surface area contributed by atoms with Gasteiger partial charge in [0.05, 0.1) is 18.8 Å². The summed E-state index contributed by atoms with van der Waals surface area (Å²) in [6.07, 6.45) is 0.725. The fourth-order valence-electron chi connectivity index (χ4n) is 2.67. The molecule has 0 bridgehead atoms. The van der Waals surface area contributed by atoms with Gasteiger partial charge in [0, 0.05) is 31.6 Å². The predicted molar refractivity (Wildman–Crippen MR) is 83.9 cm³/mol. The van der Waals surface area contributed by atoms with Crippen molar-refractivity contribution in [2.75, 3.05) is 36.5 Å². The van der Waals surface area contributed by atoms with E-state index in [1.807, 2.05) is 13.8 Å². The molecule has 1 saturated heterocycles. The number of aryl methyl sites for hydroxylation is 1. The van der Waals surface area contributed by atoms with E-state index in [0.717, 1.165) is 42.5 Å². The summed E-state index contributed by atoms with van der Waals surface area (Å²) >= 11 is 0. The molecule has 6 nitrogen and oxygen atoms in total. The van der Waals surface area contributed by atoms with Gasteiger partial charge in [-0.3, -0.25) is 0 Å². The topological polar surface area (TPSA) is 70.5 Å². The van der Waals surface area contributed by atoms with Crippen molar-refractivity contribution in [2.24, 2.45) is 0 Å². The first kappa shape index (κ1) is 16.0. The summed E-state index contributed by atoms with van der Waals surface area (Å²) in [6.45, 7) is 10.5. The number of hydrogen-bond acceptors (Lipinski definition) is 6. The summed E-state index contributed by atoms with van der Waals surface area (Å²) in [6, 6.07) is 0. The van der Waals surface area contributed by atoms with Crippen molar-refractivity contribution in [2.45, 2.75) is 46.3 Å². The van der Waals surface area contributed by atoms with Crippen LogP contribution in [0.2, 0.25) is 0 Å². The molecule has 1 fully saturated rings. The normalized spacial score (nSPS) is 22.4. The Hall–Kier alpha value is -1.40. The van der Waals surface area contributed by atoms with Gasteiger partial charge in [0.1, 0.15) is 17.5 Å². The smallest absolute Gasteiger partial charge is 0.137 e. The second-order valence-electron chi connectivity index (χ2n) is 5.48. The third-order valence-electron chi connectivity index (χ3n) is 3.66. The molecule has 2 heterocycles. The Labute approximate surface area is 126 Å². The van der Waals surface area contributed by atoms with E-state index in [2.05, 4.69) is 29.0 Å². The van der Waals surface area contributed by atoms with Crippen LogP contribution < -0.4 is 10.2 Å². The van der Waals surface area contributed by atoms with Gasteiger partial charge in [0.25, 0.3) is 0 Å². The van der Waals surface area contributed by atoms with Crippen molar-refractivity contribution in [3.05, 3.63) is 11.4 Å². The van der Waals surface area contributed by atoms with Gasteiger partial charge in [-0.15, -0.1) is 0 Å². The minimum atomic E-state index is -0.157. The first-order valence-corrected chi connectivity index (χ1v) is 7.71. The van der Waals surface area contributed by atoms with Crippen LogP contribution in [0, 0.1) is 6.92 Å². The zero-order chi connectivity index (χ0) is 15.4. The molecule has 0 spiro atoms. The van der Waals surface area contributed by atoms with Crippen molar-refractivity contribution in [3.8, 4) is 0 Å². The predicted octanol–water partition coefficient (Wildman–Crippen LogP) is 1.37. The molecule has 2 unspecified atom stereocenters. The van der Waals surface area contributed by atoms with E-state index in [-0.39, 0.29) is 18.8 Å². The maximum atomic E-state index is 9.39. The van der Waals surface area contributed by atoms with Crippen molar-refractivity contribution < 1.29 is 9.84 Å². The maximum absolute atomic E-state index is 9.39. The van der Waals surface area contributed by atoms with Crippen LogP contribution in [0.3, 0.4) is 0 Å². The minimum absolute atomic E-state index is 0.0334. The van der Waals surface area contributed by atoms with Crippen LogP contribution in [0.25, 0.3) is 0 Å². The van der Waals surface area contributed by atoms with Crippen LogP contribution in [0.5, 0.6) is 0 Å². The summed E-state index contributed by atoms with van der Waals surface area (Å²) in [5.74, 6) is 2.69. The van der Waals surface area contributed by atoms with Gasteiger partial charge >= 0.3 is 0 Å². The van der Waals surface area contributed by atoms with Crippen molar-refractivity contribution in [1.29, 1.82) is 0 Å². The standard InChI is InChI=1S/C15H26N4O2/c1-5-13-17-14(16-6-2)11(4)15(18-13)19-7-10(3)21-12(8-19)9-20/h10,12,20H,5-9H2,1-4H3,(H,16,17,18). The number of morpholine rings is 1. The number of aliphatic hydroxyl groups excluding tert-OH is 1. The average molecular weight is 294 g/mol. The Bertz CT molecular complexity index is 481. The summed E-state index contributed by atoms with van der Waals surface area (Å²) in [4.78, 5) is 11.5. The van der Waals surface area contributed by atoms with Gasteiger partial charge < -0.3 is 20.1 Å². The second kappa shape index (κ2) is 7.04. The van der Waals surface area contributed by atoms with Gasteiger partial charge in [-0.2, -0.15) is 0 Å². The van der Waals surface area contributed by atoms with E-state index in [9.17, 15) is 5.11 Å². The number of nitrogens with one attached hydrogen (secondary N) is 1. The highest BCUT2D eigenvalue weighted by atomic mass is 16.5. The molecule has 118 valence electrons. The van der Waals surface area contributed by atoms with Gasteiger partial charge in [0.2, 0.25) is 0 Å². The van der Waals surface area contributed by atoms with E-state index in [1.165, 1.54) is 0 Å². The van der Waals surface area contributed by atoms with E-state index >= 15 is 0 Å². The number of anilines is 2. The highest BCUT2D eigenvalue weighted by Gasteiger charge is 2.27. The van der Waals surface area contributed by atoms with Gasteiger partial charge in [-0.05, 0) is 20.8 Å². The number of rotatable bonds is 5. The molecule has 1 aliphatic heterocycles. The molecule has 0 amide bonds. The first-order valence-electron chi connectivity index (χ1n) is 7.71. The van der Waals surface area contributed by atoms with E-state index < -0.39 is 0 Å². The molecule has 2 N–H and O–H groups in total. The molecule has 0 aliphatic carbocycles. The van der Waals surface area contributed by atoms with Gasteiger partial charge in [-0.1, -0.05) is 6.92 Å². The van der Waals surface area contributed by atoms with Crippen LogP contribution in [0.15, 0.2) is 0 Å². The molecule has 2 atom stereocenters. The van der Waals surface area contributed by atoms with Crippen molar-refractivity contribution in [3.63, 3.8) is 0 Å². The van der Waals surface area contributed by atoms with Gasteiger partial charge in [0.15, 0.2) is 0 Å². The van der Waals surface area contributed by atoms with Crippen LogP contribution in [-0.2, 0) is 11.2 Å². The lowest BCUT2D eigenvalue weighted by molar-refractivity contribution is -0.0423. The lowest BCUT2D eigenvalue weighted by Gasteiger charge is -2.37. The van der Waals surface area contributed by atoms with Crippen LogP contribution >= 0.6 is 0 Å². The lowest BCUT2D eigenvalue weighted by atomic mass is 10.2. The number of hydrogen-bond donors (Lipinski definition) is 2. The summed E-state index contributed by atoms with van der Waals surface area (Å²) in [5, 5.41) is 12.7. The fourth-order valence-corrected chi connectivity index (χ4v) is 2.67. The monoisotopic (exact) mass is 294 g/mol. The largest absolute Gasteiger partial charge is 0.394 e. The molecular formula is C15H26N4O2. The summed E-state index contributed by atoms with van der Waals surface area (Å²) in [7, 11) is 0. The third-order valence-corrected chi connectivity index (χ3v) is 3.66. The Kier molecular flexibility index (Phi) is 5.36. The Balaban J connectivity index is 2.34. The quantitative estimate of drug-likeness (QED) is 0.854. The highest BCUT2D eigenvalue weighted by molar-refractivity contribution is 5.59. The van der Waals surface area contributed by atoms with E-state index in [1.54, 1.807) is 0 Å². The highest BCUT2D eigenvalue weighted by Crippen LogP contribution is 2.26. The molecule has 0 radical (unpaired) electrons. The molecular weight excluding hydrogens is 268 g/mol. The molecule has 6 heteroatoms. The van der Waals surface area contributed by atoms with Crippen molar-refractivity contribution >= 4 is 11.6 Å². The Morgan fingerprint density at radius 1 is 1.33 bits per heavy atom. The molecule has 21 heavy (non-hydrogen) atoms. The van der Waals surface area contributed by atoms with Crippen LogP contribution in [0.4, 0.5) is 11.6 Å². The zero-order valence-corrected chi connectivity index (χ0v) is 13.4. The first-order chi connectivity index (χ1) is 10.1. The minimum Gasteiger partial charge on any atom is -0.394 e. The summed E-state index contributed by atoms with van der Waals surface area (Å²) in [5.41, 5.74) is 1.06. The molecule has 1 aliphatic rings. The zero-order valence-electron chi connectivity index (χ0n) is 13.4.